The molecule has 0 spiro atoms. The van der Waals surface area contributed by atoms with Crippen molar-refractivity contribution in [3.63, 3.8) is 0 Å². The predicted molar refractivity (Wildman–Crippen MR) is 114 cm³/mol. The average molecular weight is 447 g/mol. The summed E-state index contributed by atoms with van der Waals surface area (Å²) in [5, 5.41) is 11.7. The number of fused-ring (bicyclic) bond motifs is 5. The smallest absolute Gasteiger partial charge is 0.303 e. The Kier molecular flexibility index (Phi) is 5.63. The molecule has 7 nitrogen and oxygen atoms in total. The van der Waals surface area contributed by atoms with E-state index in [1.54, 1.807) is 6.08 Å². The molecule has 4 rings (SSSR count). The zero-order valence-electron chi connectivity index (χ0n) is 19.4. The maximum atomic E-state index is 13.1. The third-order valence-electron chi connectivity index (χ3n) is 9.21. The van der Waals surface area contributed by atoms with Crippen LogP contribution in [0.1, 0.15) is 72.6 Å². The van der Waals surface area contributed by atoms with Gasteiger partial charge in [0.2, 0.25) is 5.78 Å². The highest BCUT2D eigenvalue weighted by atomic mass is 16.5. The molecule has 0 aromatic carbocycles. The molecule has 176 valence electrons. The Hall–Kier alpha value is -2.02. The molecule has 0 amide bonds. The maximum absolute atomic E-state index is 13.1. The van der Waals surface area contributed by atoms with E-state index in [9.17, 15) is 24.3 Å². The predicted octanol–water partition coefficient (Wildman–Crippen LogP) is 2.92. The van der Waals surface area contributed by atoms with Crippen LogP contribution in [0, 0.1) is 28.6 Å². The first-order valence-electron chi connectivity index (χ1n) is 11.7. The lowest BCUT2D eigenvalue weighted by Gasteiger charge is -2.60. The Morgan fingerprint density at radius 1 is 1.09 bits per heavy atom. The molecule has 7 heteroatoms. The molecule has 1 N–H and O–H groups in total. The molecule has 0 saturated heterocycles. The summed E-state index contributed by atoms with van der Waals surface area (Å²) < 4.78 is 10.8. The zero-order valence-corrected chi connectivity index (χ0v) is 19.4. The van der Waals surface area contributed by atoms with E-state index >= 15 is 0 Å². The molecular formula is C25H34O7. The van der Waals surface area contributed by atoms with Crippen LogP contribution in [-0.4, -0.2) is 46.9 Å². The van der Waals surface area contributed by atoms with Gasteiger partial charge in [0.1, 0.15) is 11.7 Å². The number of Topliss-reactive ketones (excluding diaryl/α,β-unsaturated/α-hetero) is 1. The van der Waals surface area contributed by atoms with Crippen molar-refractivity contribution < 1.29 is 33.8 Å². The van der Waals surface area contributed by atoms with Crippen LogP contribution >= 0.6 is 0 Å². The molecule has 4 aliphatic carbocycles. The van der Waals surface area contributed by atoms with E-state index < -0.39 is 35.5 Å². The zero-order chi connectivity index (χ0) is 23.5. The molecule has 3 saturated carbocycles. The molecule has 32 heavy (non-hydrogen) atoms. The standard InChI is InChI=1S/C25H34O7/c1-14(26)31-13-21(29)25(30)10-8-19-18-6-5-16-11-17(28)7-9-23(16,3)22(18)20(32-15(2)27)12-24(19,25)4/h11,18-20,22,30H,5-10,12-13H2,1-4H3/t18?,19?,20?,22?,23-,24-,25-/m0/s1. The van der Waals surface area contributed by atoms with Gasteiger partial charge in [0.15, 0.2) is 12.4 Å². The van der Waals surface area contributed by atoms with E-state index in [1.165, 1.54) is 13.8 Å². The number of esters is 2. The van der Waals surface area contributed by atoms with Crippen LogP contribution in [0.5, 0.6) is 0 Å². The van der Waals surface area contributed by atoms with E-state index in [4.69, 9.17) is 9.47 Å². The van der Waals surface area contributed by atoms with Crippen molar-refractivity contribution in [2.75, 3.05) is 6.61 Å². The molecule has 4 aliphatic rings. The fourth-order valence-electron chi connectivity index (χ4n) is 7.72. The van der Waals surface area contributed by atoms with Gasteiger partial charge < -0.3 is 14.6 Å². The Bertz CT molecular complexity index is 891. The Labute approximate surface area is 188 Å². The number of rotatable bonds is 4. The fourth-order valence-corrected chi connectivity index (χ4v) is 7.72. The van der Waals surface area contributed by atoms with E-state index in [2.05, 4.69) is 6.92 Å². The monoisotopic (exact) mass is 446 g/mol. The SMILES string of the molecule is CC(=O)OCC(=O)[C@@]1(O)CCC2C3CCC4=CC(=O)CC[C@]4(C)C3C(OC(C)=O)C[C@@]21C. The van der Waals surface area contributed by atoms with Gasteiger partial charge in [-0.05, 0) is 61.9 Å². The fraction of sp³-hybridized carbons (Fsp3) is 0.760. The second-order valence-electron chi connectivity index (χ2n) is 10.8. The molecule has 0 aromatic rings. The van der Waals surface area contributed by atoms with Gasteiger partial charge in [-0.15, -0.1) is 0 Å². The van der Waals surface area contributed by atoms with Crippen molar-refractivity contribution in [1.82, 2.24) is 0 Å². The van der Waals surface area contributed by atoms with Gasteiger partial charge in [-0.25, -0.2) is 0 Å². The van der Waals surface area contributed by atoms with Crippen molar-refractivity contribution in [3.8, 4) is 0 Å². The van der Waals surface area contributed by atoms with Gasteiger partial charge in [0.25, 0.3) is 0 Å². The quantitative estimate of drug-likeness (QED) is 0.662. The molecular weight excluding hydrogens is 412 g/mol. The van der Waals surface area contributed by atoms with Crippen LogP contribution in [0.2, 0.25) is 0 Å². The molecule has 0 heterocycles. The van der Waals surface area contributed by atoms with Crippen LogP contribution in [0.4, 0.5) is 0 Å². The third-order valence-corrected chi connectivity index (χ3v) is 9.21. The van der Waals surface area contributed by atoms with Crippen LogP contribution in [0.3, 0.4) is 0 Å². The van der Waals surface area contributed by atoms with Crippen LogP contribution in [0.25, 0.3) is 0 Å². The largest absolute Gasteiger partial charge is 0.462 e. The summed E-state index contributed by atoms with van der Waals surface area (Å²) in [6.07, 6.45) is 5.59. The molecule has 7 atom stereocenters. The molecule has 0 bridgehead atoms. The molecule has 0 radical (unpaired) electrons. The number of allylic oxidation sites excluding steroid dienone is 1. The van der Waals surface area contributed by atoms with Crippen molar-refractivity contribution in [3.05, 3.63) is 11.6 Å². The van der Waals surface area contributed by atoms with E-state index in [0.29, 0.717) is 25.7 Å². The van der Waals surface area contributed by atoms with Crippen molar-refractivity contribution in [2.24, 2.45) is 28.6 Å². The number of carbonyl (C=O) groups is 4. The van der Waals surface area contributed by atoms with Crippen LogP contribution in [-0.2, 0) is 28.7 Å². The Morgan fingerprint density at radius 2 is 1.81 bits per heavy atom. The summed E-state index contributed by atoms with van der Waals surface area (Å²) in [7, 11) is 0. The average Bonchev–Trinajstić information content (AvgIpc) is 2.97. The number of ketones is 2. The van der Waals surface area contributed by atoms with Gasteiger partial charge >= 0.3 is 11.9 Å². The first-order valence-corrected chi connectivity index (χ1v) is 11.7. The lowest BCUT2D eigenvalue weighted by molar-refractivity contribution is -0.196. The highest BCUT2D eigenvalue weighted by Gasteiger charge is 2.69. The minimum Gasteiger partial charge on any atom is -0.462 e. The normalized spacial score (nSPS) is 42.8. The second-order valence-corrected chi connectivity index (χ2v) is 10.8. The lowest BCUT2D eigenvalue weighted by Crippen LogP contribution is -2.62. The topological polar surface area (TPSA) is 107 Å². The Morgan fingerprint density at radius 3 is 2.47 bits per heavy atom. The minimum atomic E-state index is -1.63. The van der Waals surface area contributed by atoms with Crippen LogP contribution in [0.15, 0.2) is 11.6 Å². The van der Waals surface area contributed by atoms with E-state index in [0.717, 1.165) is 24.8 Å². The summed E-state index contributed by atoms with van der Waals surface area (Å²) in [5.74, 6) is -0.964. The summed E-state index contributed by atoms with van der Waals surface area (Å²) in [4.78, 5) is 48.5. The highest BCUT2D eigenvalue weighted by Crippen LogP contribution is 2.68. The molecule has 0 aliphatic heterocycles. The number of ether oxygens (including phenoxy) is 2. The van der Waals surface area contributed by atoms with E-state index in [1.807, 2.05) is 6.92 Å². The minimum absolute atomic E-state index is 0.0449. The van der Waals surface area contributed by atoms with Gasteiger partial charge in [0.05, 0.1) is 0 Å². The third kappa shape index (κ3) is 3.35. The molecule has 4 unspecified atom stereocenters. The van der Waals surface area contributed by atoms with E-state index in [-0.39, 0.29) is 34.9 Å². The molecule has 0 aromatic heterocycles. The number of carbonyl (C=O) groups excluding carboxylic acids is 4. The first kappa shape index (κ1) is 23.1. The highest BCUT2D eigenvalue weighted by molar-refractivity contribution is 5.92. The van der Waals surface area contributed by atoms with Gasteiger partial charge in [-0.2, -0.15) is 0 Å². The van der Waals surface area contributed by atoms with Crippen LogP contribution < -0.4 is 0 Å². The summed E-state index contributed by atoms with van der Waals surface area (Å²) >= 11 is 0. The summed E-state index contributed by atoms with van der Waals surface area (Å²) in [5.41, 5.74) is -1.50. The second kappa shape index (κ2) is 7.79. The van der Waals surface area contributed by atoms with Crippen molar-refractivity contribution >= 4 is 23.5 Å². The summed E-state index contributed by atoms with van der Waals surface area (Å²) in [6, 6.07) is 0. The molecule has 3 fully saturated rings. The first-order chi connectivity index (χ1) is 14.9. The Balaban J connectivity index is 1.73. The van der Waals surface area contributed by atoms with Crippen molar-refractivity contribution in [1.29, 1.82) is 0 Å². The lowest BCUT2D eigenvalue weighted by atomic mass is 9.45. The number of hydrogen-bond donors (Lipinski definition) is 1. The van der Waals surface area contributed by atoms with Gasteiger partial charge in [-0.1, -0.05) is 19.4 Å². The van der Waals surface area contributed by atoms with Crippen molar-refractivity contribution in [2.45, 2.75) is 84.3 Å². The van der Waals surface area contributed by atoms with Gasteiger partial charge in [0, 0.05) is 31.6 Å². The number of aliphatic hydroxyl groups is 1. The summed E-state index contributed by atoms with van der Waals surface area (Å²) in [6.45, 7) is 6.30. The van der Waals surface area contributed by atoms with Gasteiger partial charge in [-0.3, -0.25) is 19.2 Å². The maximum Gasteiger partial charge on any atom is 0.303 e. The number of hydrogen-bond acceptors (Lipinski definition) is 7.